The summed E-state index contributed by atoms with van der Waals surface area (Å²) in [5.41, 5.74) is 0. The molecule has 0 aliphatic carbocycles. The lowest BCUT2D eigenvalue weighted by atomic mass is 10.2. The molecule has 0 aliphatic rings. The van der Waals surface area contributed by atoms with Gasteiger partial charge < -0.3 is 4.74 Å². The van der Waals surface area contributed by atoms with E-state index in [0.29, 0.717) is 6.61 Å². The van der Waals surface area contributed by atoms with Crippen molar-refractivity contribution in [1.82, 2.24) is 0 Å². The van der Waals surface area contributed by atoms with Gasteiger partial charge in [-0.2, -0.15) is 0 Å². The SMILES string of the molecule is C=CC(=O)OCCCCCCCSc1ccccc1. The van der Waals surface area contributed by atoms with E-state index < -0.39 is 0 Å². The average Bonchev–Trinajstić information content (AvgIpc) is 2.46. The third kappa shape index (κ3) is 8.49. The van der Waals surface area contributed by atoms with Gasteiger partial charge in [0.2, 0.25) is 0 Å². The van der Waals surface area contributed by atoms with Crippen LogP contribution in [0.25, 0.3) is 0 Å². The highest BCUT2D eigenvalue weighted by molar-refractivity contribution is 7.99. The third-order valence-corrected chi connectivity index (χ3v) is 3.81. The molecule has 1 aromatic rings. The quantitative estimate of drug-likeness (QED) is 0.273. The standard InChI is InChI=1S/C16H22O2S/c1-2-16(17)18-13-9-4-3-5-10-14-19-15-11-7-6-8-12-15/h2,6-8,11-12H,1,3-5,9-10,13-14H2. The molecule has 0 atom stereocenters. The van der Waals surface area contributed by atoms with Crippen molar-refractivity contribution >= 4 is 17.7 Å². The summed E-state index contributed by atoms with van der Waals surface area (Å²) in [7, 11) is 0. The zero-order valence-electron chi connectivity index (χ0n) is 11.3. The van der Waals surface area contributed by atoms with E-state index >= 15 is 0 Å². The van der Waals surface area contributed by atoms with Gasteiger partial charge in [0.15, 0.2) is 0 Å². The monoisotopic (exact) mass is 278 g/mol. The minimum atomic E-state index is -0.320. The van der Waals surface area contributed by atoms with Crippen molar-refractivity contribution in [2.75, 3.05) is 12.4 Å². The predicted octanol–water partition coefficient (Wildman–Crippen LogP) is 4.46. The number of carbonyl (C=O) groups excluding carboxylic acids is 1. The number of ether oxygens (including phenoxy) is 1. The van der Waals surface area contributed by atoms with Crippen LogP contribution in [0.1, 0.15) is 32.1 Å². The van der Waals surface area contributed by atoms with Gasteiger partial charge in [-0.25, -0.2) is 4.79 Å². The molecule has 0 aliphatic heterocycles. The van der Waals surface area contributed by atoms with E-state index in [1.165, 1.54) is 36.0 Å². The van der Waals surface area contributed by atoms with Gasteiger partial charge in [-0.3, -0.25) is 0 Å². The van der Waals surface area contributed by atoms with Crippen LogP contribution in [0.15, 0.2) is 47.9 Å². The Labute approximate surface area is 120 Å². The van der Waals surface area contributed by atoms with Crippen LogP contribution in [0.5, 0.6) is 0 Å². The largest absolute Gasteiger partial charge is 0.463 e. The smallest absolute Gasteiger partial charge is 0.330 e. The van der Waals surface area contributed by atoms with Gasteiger partial charge in [0.1, 0.15) is 0 Å². The maximum absolute atomic E-state index is 10.8. The first kappa shape index (κ1) is 15.8. The summed E-state index contributed by atoms with van der Waals surface area (Å²) in [6, 6.07) is 10.5. The average molecular weight is 278 g/mol. The Morgan fingerprint density at radius 1 is 1.11 bits per heavy atom. The molecule has 0 saturated carbocycles. The molecule has 1 aromatic carbocycles. The molecule has 0 amide bonds. The van der Waals surface area contributed by atoms with Gasteiger partial charge in [0.05, 0.1) is 6.61 Å². The molecular formula is C16H22O2S. The van der Waals surface area contributed by atoms with E-state index in [1.54, 1.807) is 0 Å². The van der Waals surface area contributed by atoms with Gasteiger partial charge in [0, 0.05) is 11.0 Å². The highest BCUT2D eigenvalue weighted by Crippen LogP contribution is 2.19. The van der Waals surface area contributed by atoms with Gasteiger partial charge in [0.25, 0.3) is 0 Å². The summed E-state index contributed by atoms with van der Waals surface area (Å²) in [6.45, 7) is 3.87. The fourth-order valence-corrected chi connectivity index (χ4v) is 2.61. The van der Waals surface area contributed by atoms with Crippen LogP contribution >= 0.6 is 11.8 Å². The fourth-order valence-electron chi connectivity index (χ4n) is 1.67. The van der Waals surface area contributed by atoms with Crippen LogP contribution in [0.2, 0.25) is 0 Å². The summed E-state index contributed by atoms with van der Waals surface area (Å²) in [6.07, 6.45) is 6.98. The Morgan fingerprint density at radius 2 is 1.79 bits per heavy atom. The van der Waals surface area contributed by atoms with E-state index in [-0.39, 0.29) is 5.97 Å². The van der Waals surface area contributed by atoms with E-state index in [9.17, 15) is 4.79 Å². The van der Waals surface area contributed by atoms with Crippen LogP contribution in [0, 0.1) is 0 Å². The maximum atomic E-state index is 10.8. The lowest BCUT2D eigenvalue weighted by Crippen LogP contribution is -2.01. The van der Waals surface area contributed by atoms with Crippen LogP contribution < -0.4 is 0 Å². The molecule has 2 nitrogen and oxygen atoms in total. The molecule has 0 bridgehead atoms. The number of esters is 1. The maximum Gasteiger partial charge on any atom is 0.330 e. The Kier molecular flexibility index (Phi) is 8.90. The van der Waals surface area contributed by atoms with Gasteiger partial charge in [-0.15, -0.1) is 11.8 Å². The molecule has 0 spiro atoms. The molecule has 0 saturated heterocycles. The van der Waals surface area contributed by atoms with Crippen molar-refractivity contribution in [3.05, 3.63) is 43.0 Å². The van der Waals surface area contributed by atoms with Crippen molar-refractivity contribution in [2.45, 2.75) is 37.0 Å². The van der Waals surface area contributed by atoms with Crippen molar-refractivity contribution in [2.24, 2.45) is 0 Å². The second-order valence-corrected chi connectivity index (χ2v) is 5.47. The number of carbonyl (C=O) groups is 1. The first-order chi connectivity index (χ1) is 9.33. The van der Waals surface area contributed by atoms with Crippen LogP contribution in [0.3, 0.4) is 0 Å². The molecule has 19 heavy (non-hydrogen) atoms. The Bertz CT molecular complexity index is 362. The molecule has 0 unspecified atom stereocenters. The molecule has 0 N–H and O–H groups in total. The van der Waals surface area contributed by atoms with Gasteiger partial charge in [-0.1, -0.05) is 44.0 Å². The van der Waals surface area contributed by atoms with Crippen LogP contribution in [-0.2, 0) is 9.53 Å². The van der Waals surface area contributed by atoms with Crippen molar-refractivity contribution in [1.29, 1.82) is 0 Å². The topological polar surface area (TPSA) is 26.3 Å². The van der Waals surface area contributed by atoms with E-state index in [1.807, 2.05) is 17.8 Å². The summed E-state index contributed by atoms with van der Waals surface area (Å²) in [5, 5.41) is 0. The molecule has 3 heteroatoms. The molecule has 104 valence electrons. The Morgan fingerprint density at radius 3 is 2.53 bits per heavy atom. The van der Waals surface area contributed by atoms with E-state index in [4.69, 9.17) is 4.74 Å². The second-order valence-electron chi connectivity index (χ2n) is 4.30. The summed E-state index contributed by atoms with van der Waals surface area (Å²) < 4.78 is 4.92. The lowest BCUT2D eigenvalue weighted by molar-refractivity contribution is -0.137. The number of unbranched alkanes of at least 4 members (excludes halogenated alkanes) is 4. The number of hydrogen-bond donors (Lipinski definition) is 0. The van der Waals surface area contributed by atoms with Crippen LogP contribution in [-0.4, -0.2) is 18.3 Å². The van der Waals surface area contributed by atoms with Crippen molar-refractivity contribution in [3.63, 3.8) is 0 Å². The second kappa shape index (κ2) is 10.7. The number of hydrogen-bond acceptors (Lipinski definition) is 3. The minimum absolute atomic E-state index is 0.320. The lowest BCUT2D eigenvalue weighted by Gasteiger charge is -2.03. The van der Waals surface area contributed by atoms with Crippen molar-refractivity contribution < 1.29 is 9.53 Å². The zero-order chi connectivity index (χ0) is 13.8. The predicted molar refractivity (Wildman–Crippen MR) is 81.4 cm³/mol. The zero-order valence-corrected chi connectivity index (χ0v) is 12.2. The van der Waals surface area contributed by atoms with Gasteiger partial charge >= 0.3 is 5.97 Å². The number of thioether (sulfide) groups is 1. The van der Waals surface area contributed by atoms with Crippen molar-refractivity contribution in [3.8, 4) is 0 Å². The van der Waals surface area contributed by atoms with Gasteiger partial charge in [-0.05, 0) is 30.7 Å². The highest BCUT2D eigenvalue weighted by Gasteiger charge is 1.96. The Balaban J connectivity index is 1.86. The molecule has 0 aromatic heterocycles. The fraction of sp³-hybridized carbons (Fsp3) is 0.438. The third-order valence-electron chi connectivity index (χ3n) is 2.71. The molecule has 0 radical (unpaired) electrons. The van der Waals surface area contributed by atoms with E-state index in [0.717, 1.165) is 12.8 Å². The highest BCUT2D eigenvalue weighted by atomic mass is 32.2. The number of benzene rings is 1. The Hall–Kier alpha value is -1.22. The molecule has 1 rings (SSSR count). The van der Waals surface area contributed by atoms with Crippen LogP contribution in [0.4, 0.5) is 0 Å². The molecular weight excluding hydrogens is 256 g/mol. The molecule has 0 fully saturated rings. The summed E-state index contributed by atoms with van der Waals surface area (Å²) >= 11 is 1.92. The minimum Gasteiger partial charge on any atom is -0.463 e. The molecule has 0 heterocycles. The first-order valence-corrected chi connectivity index (χ1v) is 7.78. The summed E-state index contributed by atoms with van der Waals surface area (Å²) in [5.74, 6) is 0.856. The van der Waals surface area contributed by atoms with E-state index in [2.05, 4.69) is 30.8 Å². The number of rotatable bonds is 10. The summed E-state index contributed by atoms with van der Waals surface area (Å²) in [4.78, 5) is 12.1. The first-order valence-electron chi connectivity index (χ1n) is 6.80. The normalized spacial score (nSPS) is 10.1.